The molecule has 20 heavy (non-hydrogen) atoms. The highest BCUT2D eigenvalue weighted by atomic mass is 19.1. The van der Waals surface area contributed by atoms with E-state index in [0.717, 1.165) is 29.3 Å². The van der Waals surface area contributed by atoms with Crippen molar-refractivity contribution in [2.75, 3.05) is 20.2 Å². The number of carbonyl (C=O) groups excluding carboxylic acids is 1. The third-order valence-corrected chi connectivity index (χ3v) is 4.04. The van der Waals surface area contributed by atoms with E-state index in [9.17, 15) is 9.18 Å². The number of fused-ring (bicyclic) bond motifs is 1. The number of H-pyrrole nitrogens is 1. The van der Waals surface area contributed by atoms with Crippen LogP contribution in [-0.2, 0) is 4.74 Å². The molecule has 1 aliphatic rings. The molecular weight excluding hydrogens is 259 g/mol. The summed E-state index contributed by atoms with van der Waals surface area (Å²) in [7, 11) is 1.40. The Labute approximate surface area is 116 Å². The molecule has 1 aromatic carbocycles. The van der Waals surface area contributed by atoms with Crippen LogP contribution in [0.5, 0.6) is 0 Å². The van der Waals surface area contributed by atoms with E-state index in [2.05, 4.69) is 4.98 Å². The topological polar surface area (TPSA) is 45.3 Å². The Bertz CT molecular complexity index is 630. The van der Waals surface area contributed by atoms with Gasteiger partial charge < -0.3 is 14.6 Å². The quantitative estimate of drug-likeness (QED) is 0.869. The van der Waals surface area contributed by atoms with Crippen LogP contribution in [0, 0.1) is 5.82 Å². The molecule has 0 spiro atoms. The summed E-state index contributed by atoms with van der Waals surface area (Å²) in [6.07, 6.45) is 3.44. The average Bonchev–Trinajstić information content (AvgIpc) is 2.89. The maximum absolute atomic E-state index is 13.4. The first-order valence-electron chi connectivity index (χ1n) is 6.78. The fourth-order valence-corrected chi connectivity index (χ4v) is 2.95. The molecule has 2 heterocycles. The fourth-order valence-electron chi connectivity index (χ4n) is 2.95. The highest BCUT2D eigenvalue weighted by Crippen LogP contribution is 2.33. The summed E-state index contributed by atoms with van der Waals surface area (Å²) in [6.45, 7) is 1.36. The number of rotatable bonds is 1. The molecule has 106 valence electrons. The lowest BCUT2D eigenvalue weighted by Crippen LogP contribution is -2.37. The van der Waals surface area contributed by atoms with Gasteiger partial charge in [0, 0.05) is 30.2 Å². The van der Waals surface area contributed by atoms with Crippen LogP contribution >= 0.6 is 0 Å². The lowest BCUT2D eigenvalue weighted by atomic mass is 9.89. The number of carbonyl (C=O) groups is 1. The second-order valence-corrected chi connectivity index (χ2v) is 5.17. The highest BCUT2D eigenvalue weighted by molar-refractivity contribution is 5.83. The second-order valence-electron chi connectivity index (χ2n) is 5.17. The zero-order valence-electron chi connectivity index (χ0n) is 11.4. The van der Waals surface area contributed by atoms with Crippen LogP contribution in [0.1, 0.15) is 24.3 Å². The highest BCUT2D eigenvalue weighted by Gasteiger charge is 2.25. The van der Waals surface area contributed by atoms with Crippen molar-refractivity contribution in [1.82, 2.24) is 9.88 Å². The minimum Gasteiger partial charge on any atom is -0.453 e. The SMILES string of the molecule is COC(=O)N1CCC(c2c[nH]c3ccc(F)cc23)CC1. The Morgan fingerprint density at radius 3 is 2.85 bits per heavy atom. The van der Waals surface area contributed by atoms with Gasteiger partial charge in [-0.05, 0) is 42.5 Å². The summed E-state index contributed by atoms with van der Waals surface area (Å²) in [6, 6.07) is 4.80. The Kier molecular flexibility index (Phi) is 3.34. The number of nitrogens with one attached hydrogen (secondary N) is 1. The Morgan fingerprint density at radius 1 is 1.40 bits per heavy atom. The van der Waals surface area contributed by atoms with Gasteiger partial charge in [0.15, 0.2) is 0 Å². The van der Waals surface area contributed by atoms with Crippen molar-refractivity contribution in [2.24, 2.45) is 0 Å². The van der Waals surface area contributed by atoms with E-state index in [0.29, 0.717) is 19.0 Å². The van der Waals surface area contributed by atoms with Crippen molar-refractivity contribution in [3.05, 3.63) is 35.8 Å². The van der Waals surface area contributed by atoms with Crippen molar-refractivity contribution in [1.29, 1.82) is 0 Å². The number of aromatic amines is 1. The van der Waals surface area contributed by atoms with E-state index in [1.54, 1.807) is 17.0 Å². The number of hydrogen-bond acceptors (Lipinski definition) is 2. The fraction of sp³-hybridized carbons (Fsp3) is 0.400. The monoisotopic (exact) mass is 276 g/mol. The van der Waals surface area contributed by atoms with Gasteiger partial charge in [-0.1, -0.05) is 0 Å². The number of methoxy groups -OCH3 is 1. The zero-order chi connectivity index (χ0) is 14.1. The van der Waals surface area contributed by atoms with E-state index in [1.807, 2.05) is 6.20 Å². The third-order valence-electron chi connectivity index (χ3n) is 4.04. The van der Waals surface area contributed by atoms with Crippen molar-refractivity contribution in [3.8, 4) is 0 Å². The van der Waals surface area contributed by atoms with Gasteiger partial charge in [0.25, 0.3) is 0 Å². The maximum Gasteiger partial charge on any atom is 0.409 e. The predicted molar refractivity (Wildman–Crippen MR) is 74.2 cm³/mol. The molecule has 0 aliphatic carbocycles. The maximum atomic E-state index is 13.4. The number of aromatic nitrogens is 1. The molecule has 2 aromatic rings. The van der Waals surface area contributed by atoms with Gasteiger partial charge in [-0.25, -0.2) is 9.18 Å². The standard InChI is InChI=1S/C15H17FN2O2/c1-20-15(19)18-6-4-10(5-7-18)13-9-17-14-3-2-11(16)8-12(13)14/h2-3,8-10,17H,4-7H2,1H3. The van der Waals surface area contributed by atoms with Crippen LogP contribution in [0.15, 0.2) is 24.4 Å². The van der Waals surface area contributed by atoms with Gasteiger partial charge in [0.05, 0.1) is 7.11 Å². The van der Waals surface area contributed by atoms with E-state index in [1.165, 1.54) is 13.2 Å². The van der Waals surface area contributed by atoms with E-state index >= 15 is 0 Å². The van der Waals surface area contributed by atoms with Crippen LogP contribution in [-0.4, -0.2) is 36.2 Å². The van der Waals surface area contributed by atoms with Gasteiger partial charge in [-0.15, -0.1) is 0 Å². The lowest BCUT2D eigenvalue weighted by Gasteiger charge is -2.30. The van der Waals surface area contributed by atoms with Crippen LogP contribution in [0.4, 0.5) is 9.18 Å². The molecule has 1 N–H and O–H groups in total. The summed E-state index contributed by atoms with van der Waals surface area (Å²) in [5.41, 5.74) is 2.10. The van der Waals surface area contributed by atoms with Crippen molar-refractivity contribution in [2.45, 2.75) is 18.8 Å². The Morgan fingerprint density at radius 2 is 2.15 bits per heavy atom. The van der Waals surface area contributed by atoms with Gasteiger partial charge in [0.2, 0.25) is 0 Å². The molecule has 0 radical (unpaired) electrons. The number of halogens is 1. The molecule has 1 amide bonds. The number of hydrogen-bond donors (Lipinski definition) is 1. The molecule has 1 aliphatic heterocycles. The lowest BCUT2D eigenvalue weighted by molar-refractivity contribution is 0.112. The summed E-state index contributed by atoms with van der Waals surface area (Å²) in [5.74, 6) is 0.136. The van der Waals surface area contributed by atoms with E-state index in [-0.39, 0.29) is 11.9 Å². The largest absolute Gasteiger partial charge is 0.453 e. The molecule has 0 atom stereocenters. The van der Waals surface area contributed by atoms with E-state index < -0.39 is 0 Å². The Hall–Kier alpha value is -2.04. The Balaban J connectivity index is 1.80. The molecule has 0 saturated carbocycles. The zero-order valence-corrected chi connectivity index (χ0v) is 11.4. The van der Waals surface area contributed by atoms with Crippen LogP contribution in [0.2, 0.25) is 0 Å². The van der Waals surface area contributed by atoms with Gasteiger partial charge in [-0.3, -0.25) is 0 Å². The van der Waals surface area contributed by atoms with Gasteiger partial charge in [-0.2, -0.15) is 0 Å². The average molecular weight is 276 g/mol. The number of amides is 1. The molecule has 5 heteroatoms. The predicted octanol–water partition coefficient (Wildman–Crippen LogP) is 3.25. The van der Waals surface area contributed by atoms with E-state index in [4.69, 9.17) is 4.74 Å². The third kappa shape index (κ3) is 2.24. The van der Waals surface area contributed by atoms with Gasteiger partial charge in [0.1, 0.15) is 5.82 Å². The summed E-state index contributed by atoms with van der Waals surface area (Å²) in [5, 5.41) is 0.946. The van der Waals surface area contributed by atoms with Crippen molar-refractivity contribution in [3.63, 3.8) is 0 Å². The minimum atomic E-state index is -0.270. The number of ether oxygens (including phenoxy) is 1. The van der Waals surface area contributed by atoms with Crippen molar-refractivity contribution >= 4 is 17.0 Å². The molecule has 1 aromatic heterocycles. The van der Waals surface area contributed by atoms with Crippen LogP contribution in [0.25, 0.3) is 10.9 Å². The number of nitrogens with zero attached hydrogens (tertiary/aromatic N) is 1. The molecule has 1 saturated heterocycles. The normalized spacial score (nSPS) is 16.6. The molecular formula is C15H17FN2O2. The summed E-state index contributed by atoms with van der Waals surface area (Å²) in [4.78, 5) is 16.4. The molecule has 4 nitrogen and oxygen atoms in total. The first-order valence-corrected chi connectivity index (χ1v) is 6.78. The number of benzene rings is 1. The summed E-state index contributed by atoms with van der Waals surface area (Å²) >= 11 is 0. The first kappa shape index (κ1) is 13.0. The smallest absolute Gasteiger partial charge is 0.409 e. The molecule has 0 unspecified atom stereocenters. The summed E-state index contributed by atoms with van der Waals surface area (Å²) < 4.78 is 18.1. The first-order chi connectivity index (χ1) is 9.69. The van der Waals surface area contributed by atoms with Crippen LogP contribution in [0.3, 0.4) is 0 Å². The number of piperidine rings is 1. The second kappa shape index (κ2) is 5.15. The number of likely N-dealkylation sites (tertiary alicyclic amines) is 1. The molecule has 0 bridgehead atoms. The minimum absolute atomic E-state index is 0.217. The molecule has 1 fully saturated rings. The van der Waals surface area contributed by atoms with Crippen LogP contribution < -0.4 is 0 Å². The van der Waals surface area contributed by atoms with Gasteiger partial charge >= 0.3 is 6.09 Å². The molecule has 3 rings (SSSR count). The van der Waals surface area contributed by atoms with Crippen molar-refractivity contribution < 1.29 is 13.9 Å².